The minimum Gasteiger partial charge on any atom is -0.431 e. The van der Waals surface area contributed by atoms with Gasteiger partial charge in [-0.25, -0.2) is 14.8 Å². The number of carbonyl (C=O) groups is 3. The molecule has 3 amide bonds. The van der Waals surface area contributed by atoms with Crippen molar-refractivity contribution in [3.63, 3.8) is 0 Å². The van der Waals surface area contributed by atoms with Gasteiger partial charge in [-0.1, -0.05) is 36.2 Å². The molecule has 1 aromatic carbocycles. The molecule has 5 N–H and O–H groups in total. The number of halogens is 2. The Morgan fingerprint density at radius 1 is 1.15 bits per heavy atom. The number of likely N-dealkylation sites (tertiary alicyclic amines) is 1. The summed E-state index contributed by atoms with van der Waals surface area (Å²) in [5.41, 5.74) is 12.6. The maximum Gasteiger partial charge on any atom is 0.415 e. The van der Waals surface area contributed by atoms with E-state index < -0.39 is 24.0 Å². The monoisotopic (exact) mass is 590 g/mol. The number of anilines is 2. The molecule has 12 nitrogen and oxygen atoms in total. The summed E-state index contributed by atoms with van der Waals surface area (Å²) in [7, 11) is 0. The van der Waals surface area contributed by atoms with Crippen molar-refractivity contribution in [3.8, 4) is 0 Å². The molecule has 1 aromatic heterocycles. The number of hydrogen-bond donors (Lipinski definition) is 3. The van der Waals surface area contributed by atoms with E-state index in [1.807, 2.05) is 6.07 Å². The molecule has 0 saturated carbocycles. The number of alkyl carbamates (subject to hydrolysis) is 1. The van der Waals surface area contributed by atoms with Crippen molar-refractivity contribution in [3.05, 3.63) is 45.2 Å². The van der Waals surface area contributed by atoms with Crippen LogP contribution in [-0.2, 0) is 16.1 Å². The normalized spacial score (nSPS) is 22.8. The van der Waals surface area contributed by atoms with Gasteiger partial charge in [-0.15, -0.1) is 0 Å². The number of piperidine rings is 1. The number of cyclic esters (lactones) is 1. The van der Waals surface area contributed by atoms with E-state index in [-0.39, 0.29) is 16.7 Å². The molecule has 3 saturated heterocycles. The molecule has 5 rings (SSSR count). The summed E-state index contributed by atoms with van der Waals surface area (Å²) in [4.78, 5) is 50.8. The fraction of sp³-hybridized carbons (Fsp3) is 0.500. The Kier molecular flexibility index (Phi) is 8.31. The van der Waals surface area contributed by atoms with Crippen molar-refractivity contribution in [2.75, 3.05) is 43.4 Å². The fourth-order valence-corrected chi connectivity index (χ4v) is 6.30. The van der Waals surface area contributed by atoms with Crippen molar-refractivity contribution in [1.82, 2.24) is 25.1 Å². The number of nitrogens with one attached hydrogen (secondary N) is 1. The van der Waals surface area contributed by atoms with Crippen LogP contribution in [0, 0.1) is 0 Å². The molecule has 214 valence electrons. The molecule has 14 heteroatoms. The number of aromatic nitrogens is 2. The van der Waals surface area contributed by atoms with Crippen molar-refractivity contribution >= 4 is 52.7 Å². The topological polar surface area (TPSA) is 160 Å². The molecule has 2 atom stereocenters. The van der Waals surface area contributed by atoms with Gasteiger partial charge in [0.05, 0.1) is 0 Å². The first kappa shape index (κ1) is 28.3. The van der Waals surface area contributed by atoms with Crippen LogP contribution in [0.2, 0.25) is 10.2 Å². The van der Waals surface area contributed by atoms with E-state index in [1.54, 1.807) is 12.1 Å². The number of ether oxygens (including phenoxy) is 1. The van der Waals surface area contributed by atoms with E-state index in [1.165, 1.54) is 0 Å². The van der Waals surface area contributed by atoms with Crippen LogP contribution in [0.3, 0.4) is 0 Å². The Hall–Kier alpha value is -3.19. The molecular formula is C26H32Cl2N8O4. The average Bonchev–Trinajstić information content (AvgIpc) is 3.28. The summed E-state index contributed by atoms with van der Waals surface area (Å²) in [6, 6.07) is 6.10. The van der Waals surface area contributed by atoms with Crippen molar-refractivity contribution in [2.45, 2.75) is 50.9 Å². The maximum atomic E-state index is 12.2. The lowest BCUT2D eigenvalue weighted by molar-refractivity contribution is -0.123. The molecule has 0 bridgehead atoms. The molecule has 0 radical (unpaired) electrons. The first-order valence-corrected chi connectivity index (χ1v) is 14.1. The van der Waals surface area contributed by atoms with Crippen LogP contribution < -0.4 is 21.7 Å². The first-order valence-electron chi connectivity index (χ1n) is 13.3. The second-order valence-electron chi connectivity index (χ2n) is 10.3. The third-order valence-corrected chi connectivity index (χ3v) is 8.38. The molecule has 3 fully saturated rings. The lowest BCUT2D eigenvalue weighted by Gasteiger charge is -2.47. The second kappa shape index (κ2) is 11.7. The molecule has 1 unspecified atom stereocenters. The minimum absolute atomic E-state index is 0.0229. The molecule has 3 aliphatic heterocycles. The van der Waals surface area contributed by atoms with Crippen LogP contribution in [0.15, 0.2) is 18.2 Å². The lowest BCUT2D eigenvalue weighted by Crippen LogP contribution is -2.58. The number of piperazine rings is 1. The van der Waals surface area contributed by atoms with Crippen LogP contribution in [0.4, 0.5) is 16.4 Å². The number of benzene rings is 1. The summed E-state index contributed by atoms with van der Waals surface area (Å²) < 4.78 is 5.20. The van der Waals surface area contributed by atoms with Crippen LogP contribution in [0.25, 0.3) is 0 Å². The van der Waals surface area contributed by atoms with E-state index in [9.17, 15) is 14.4 Å². The highest BCUT2D eigenvalue weighted by molar-refractivity contribution is 6.32. The number of nitrogens with zero attached hydrogens (tertiary/aromatic N) is 5. The number of rotatable bonds is 7. The van der Waals surface area contributed by atoms with Crippen molar-refractivity contribution < 1.29 is 19.1 Å². The van der Waals surface area contributed by atoms with Crippen molar-refractivity contribution in [1.29, 1.82) is 0 Å². The molecule has 0 spiro atoms. The standard InChI is InChI=1S/C26H32Cl2N8O4/c1-2-16-13-35(24-21(28)31-19(23(30)37)22(29)32-24)9-10-36(16)17-5-7-34(8-6-17)12-14-3-4-15(27)11-18(14)20-25(38)33-26(39)40-20/h3-4,11,16-17,20H,2,5-10,12-13H2,1H3,(H2,29,32)(H2,30,37)(H,33,38,39)/t16-,20?/m0/s1. The van der Waals surface area contributed by atoms with E-state index in [4.69, 9.17) is 39.4 Å². The number of imide groups is 1. The maximum absolute atomic E-state index is 12.2. The average molecular weight is 592 g/mol. The summed E-state index contributed by atoms with van der Waals surface area (Å²) >= 11 is 12.6. The summed E-state index contributed by atoms with van der Waals surface area (Å²) in [6.07, 6.45) is 1.22. The van der Waals surface area contributed by atoms with E-state index in [0.717, 1.165) is 51.0 Å². The third kappa shape index (κ3) is 5.80. The quantitative estimate of drug-likeness (QED) is 0.436. The highest BCUT2D eigenvalue weighted by atomic mass is 35.5. The number of primary amides is 1. The smallest absolute Gasteiger partial charge is 0.415 e. The summed E-state index contributed by atoms with van der Waals surface area (Å²) in [6.45, 7) is 6.84. The SMILES string of the molecule is CC[C@H]1CN(c2nc(N)c(C(N)=O)nc2Cl)CCN1C1CCN(Cc2ccc(Cl)cc2C2OC(=O)NC2=O)CC1. The van der Waals surface area contributed by atoms with E-state index >= 15 is 0 Å². The molecular weight excluding hydrogens is 559 g/mol. The van der Waals surface area contributed by atoms with Crippen molar-refractivity contribution in [2.24, 2.45) is 5.73 Å². The lowest BCUT2D eigenvalue weighted by atomic mass is 9.96. The number of hydrogen-bond acceptors (Lipinski definition) is 10. The largest absolute Gasteiger partial charge is 0.431 e. The highest BCUT2D eigenvalue weighted by Crippen LogP contribution is 2.32. The van der Waals surface area contributed by atoms with E-state index in [0.29, 0.717) is 41.6 Å². The van der Waals surface area contributed by atoms with Gasteiger partial charge in [0.2, 0.25) is 6.10 Å². The molecule has 0 aliphatic carbocycles. The predicted octanol–water partition coefficient (Wildman–Crippen LogP) is 2.34. The predicted molar refractivity (Wildman–Crippen MR) is 150 cm³/mol. The Morgan fingerprint density at radius 3 is 2.55 bits per heavy atom. The minimum atomic E-state index is -0.985. The van der Waals surface area contributed by atoms with Crippen LogP contribution in [0.5, 0.6) is 0 Å². The third-order valence-electron chi connectivity index (χ3n) is 7.89. The molecule has 40 heavy (non-hydrogen) atoms. The Balaban J connectivity index is 1.21. The van der Waals surface area contributed by atoms with Crippen LogP contribution in [-0.4, -0.2) is 82.5 Å². The zero-order chi connectivity index (χ0) is 28.6. The van der Waals surface area contributed by atoms with Gasteiger partial charge in [-0.3, -0.25) is 24.7 Å². The Bertz CT molecular complexity index is 1320. The van der Waals surface area contributed by atoms with Gasteiger partial charge in [-0.2, -0.15) is 0 Å². The zero-order valence-corrected chi connectivity index (χ0v) is 23.6. The number of nitrogen functional groups attached to an aromatic ring is 1. The van der Waals surface area contributed by atoms with Crippen LogP contribution in [0.1, 0.15) is 53.9 Å². The summed E-state index contributed by atoms with van der Waals surface area (Å²) in [5, 5.41) is 2.79. The number of carbonyl (C=O) groups excluding carboxylic acids is 3. The van der Waals surface area contributed by atoms with Gasteiger partial charge in [0.15, 0.2) is 22.5 Å². The number of amides is 3. The molecule has 3 aliphatic rings. The second-order valence-corrected chi connectivity index (χ2v) is 11.1. The summed E-state index contributed by atoms with van der Waals surface area (Å²) in [5.74, 6) is -0.792. The Labute approximate surface area is 241 Å². The van der Waals surface area contributed by atoms with Gasteiger partial charge in [-0.05, 0) is 50.0 Å². The Morgan fingerprint density at radius 2 is 1.90 bits per heavy atom. The van der Waals surface area contributed by atoms with Gasteiger partial charge < -0.3 is 21.1 Å². The highest BCUT2D eigenvalue weighted by Gasteiger charge is 2.37. The van der Waals surface area contributed by atoms with Gasteiger partial charge in [0.25, 0.3) is 11.8 Å². The van der Waals surface area contributed by atoms with Gasteiger partial charge in [0.1, 0.15) is 0 Å². The fourth-order valence-electron chi connectivity index (χ4n) is 5.87. The van der Waals surface area contributed by atoms with Gasteiger partial charge in [0, 0.05) is 48.8 Å². The zero-order valence-electron chi connectivity index (χ0n) is 22.1. The first-order chi connectivity index (χ1) is 19.1. The number of nitrogens with two attached hydrogens (primary N) is 2. The van der Waals surface area contributed by atoms with Gasteiger partial charge >= 0.3 is 6.09 Å². The molecule has 4 heterocycles. The van der Waals surface area contributed by atoms with Crippen LogP contribution >= 0.6 is 23.2 Å². The molecule has 2 aromatic rings. The van der Waals surface area contributed by atoms with E-state index in [2.05, 4.69) is 36.9 Å².